The van der Waals surface area contributed by atoms with Gasteiger partial charge in [-0.3, -0.25) is 4.79 Å². The van der Waals surface area contributed by atoms with E-state index < -0.39 is 17.9 Å². The molecular formula is C30H36N2O3S3. The summed E-state index contributed by atoms with van der Waals surface area (Å²) in [4.78, 5) is 26.8. The number of esters is 1. The lowest BCUT2D eigenvalue weighted by molar-refractivity contribution is -0.149. The summed E-state index contributed by atoms with van der Waals surface area (Å²) in [6.07, 6.45) is 3.41. The molecule has 0 bridgehead atoms. The molecule has 0 aromatic heterocycles. The average molecular weight is 569 g/mol. The molecule has 0 unspecified atom stereocenters. The maximum Gasteiger partial charge on any atom is 0.329 e. The molecule has 0 heterocycles. The summed E-state index contributed by atoms with van der Waals surface area (Å²) in [5.41, 5.74) is 8.98. The van der Waals surface area contributed by atoms with E-state index in [0.29, 0.717) is 12.2 Å². The quantitative estimate of drug-likeness (QED) is 0.130. The number of rotatable bonds is 16. The molecule has 3 aromatic carbocycles. The van der Waals surface area contributed by atoms with E-state index in [1.54, 1.807) is 33.3 Å². The Labute approximate surface area is 238 Å². The van der Waals surface area contributed by atoms with E-state index in [-0.39, 0.29) is 18.6 Å². The highest BCUT2D eigenvalue weighted by molar-refractivity contribution is 8.76. The molecule has 0 radical (unpaired) electrons. The van der Waals surface area contributed by atoms with Gasteiger partial charge in [0.2, 0.25) is 5.91 Å². The van der Waals surface area contributed by atoms with Crippen LogP contribution in [0.4, 0.5) is 0 Å². The lowest BCUT2D eigenvalue weighted by atomic mass is 9.99. The molecule has 0 saturated heterocycles. The van der Waals surface area contributed by atoms with Crippen molar-refractivity contribution in [3.8, 4) is 0 Å². The van der Waals surface area contributed by atoms with Crippen molar-refractivity contribution in [3.63, 3.8) is 0 Å². The topological polar surface area (TPSA) is 81.4 Å². The van der Waals surface area contributed by atoms with E-state index in [9.17, 15) is 9.59 Å². The molecule has 5 nitrogen and oxygen atoms in total. The largest absolute Gasteiger partial charge is 0.459 e. The van der Waals surface area contributed by atoms with Gasteiger partial charge in [-0.25, -0.2) is 4.79 Å². The van der Waals surface area contributed by atoms with Gasteiger partial charge in [0.05, 0.1) is 5.92 Å². The van der Waals surface area contributed by atoms with Gasteiger partial charge in [0.15, 0.2) is 0 Å². The van der Waals surface area contributed by atoms with Gasteiger partial charge in [-0.05, 0) is 35.1 Å². The Morgan fingerprint density at radius 2 is 1.42 bits per heavy atom. The predicted molar refractivity (Wildman–Crippen MR) is 163 cm³/mol. The van der Waals surface area contributed by atoms with E-state index in [1.165, 1.54) is 0 Å². The second kappa shape index (κ2) is 17.2. The zero-order chi connectivity index (χ0) is 27.0. The number of carbonyl (C=O) groups excluding carboxylic acids is 2. The Balaban J connectivity index is 1.68. The third-order valence-electron chi connectivity index (χ3n) is 5.92. The summed E-state index contributed by atoms with van der Waals surface area (Å²) in [6.45, 7) is 0.159. The smallest absolute Gasteiger partial charge is 0.329 e. The first-order chi connectivity index (χ1) is 18.6. The second-order valence-electron chi connectivity index (χ2n) is 8.92. The van der Waals surface area contributed by atoms with Crippen LogP contribution in [0, 0.1) is 0 Å². The Kier molecular flexibility index (Phi) is 13.7. The fourth-order valence-electron chi connectivity index (χ4n) is 3.76. The van der Waals surface area contributed by atoms with Gasteiger partial charge >= 0.3 is 5.97 Å². The van der Waals surface area contributed by atoms with Gasteiger partial charge < -0.3 is 15.8 Å². The van der Waals surface area contributed by atoms with Crippen molar-refractivity contribution in [2.24, 2.45) is 5.73 Å². The van der Waals surface area contributed by atoms with Crippen LogP contribution in [0.3, 0.4) is 0 Å². The van der Waals surface area contributed by atoms with Crippen molar-refractivity contribution >= 4 is 45.2 Å². The van der Waals surface area contributed by atoms with Crippen LogP contribution in [0.15, 0.2) is 91.0 Å². The van der Waals surface area contributed by atoms with E-state index in [0.717, 1.165) is 34.6 Å². The third-order valence-corrected chi connectivity index (χ3v) is 9.08. The number of carbonyl (C=O) groups is 2. The van der Waals surface area contributed by atoms with Crippen LogP contribution in [0.1, 0.15) is 29.0 Å². The lowest BCUT2D eigenvalue weighted by Crippen LogP contribution is -2.45. The summed E-state index contributed by atoms with van der Waals surface area (Å²) in [5.74, 6) is 1.42. The van der Waals surface area contributed by atoms with Crippen molar-refractivity contribution < 1.29 is 14.3 Å². The summed E-state index contributed by atoms with van der Waals surface area (Å²) in [5, 5.41) is 3.01. The summed E-state index contributed by atoms with van der Waals surface area (Å²) >= 11 is 1.80. The van der Waals surface area contributed by atoms with Gasteiger partial charge in [0, 0.05) is 24.0 Å². The molecule has 0 aliphatic carbocycles. The highest BCUT2D eigenvalue weighted by Gasteiger charge is 2.28. The maximum absolute atomic E-state index is 13.6. The normalized spacial score (nSPS) is 13.3. The van der Waals surface area contributed by atoms with E-state index in [4.69, 9.17) is 10.5 Å². The first-order valence-corrected chi connectivity index (χ1v) is 16.5. The van der Waals surface area contributed by atoms with Crippen molar-refractivity contribution in [3.05, 3.63) is 108 Å². The van der Waals surface area contributed by atoms with Crippen molar-refractivity contribution in [2.45, 2.75) is 37.5 Å². The van der Waals surface area contributed by atoms with Crippen molar-refractivity contribution in [1.82, 2.24) is 5.32 Å². The number of amides is 1. The molecule has 3 N–H and O–H groups in total. The second-order valence-corrected chi connectivity index (χ2v) is 12.5. The molecule has 0 fully saturated rings. The number of nitrogens with two attached hydrogens (primary N) is 1. The first-order valence-electron chi connectivity index (χ1n) is 12.7. The molecule has 1 amide bonds. The van der Waals surface area contributed by atoms with E-state index >= 15 is 0 Å². The van der Waals surface area contributed by atoms with E-state index in [2.05, 4.69) is 11.6 Å². The van der Waals surface area contributed by atoms with Crippen LogP contribution in [-0.2, 0) is 27.4 Å². The maximum atomic E-state index is 13.6. The number of benzene rings is 3. The van der Waals surface area contributed by atoms with Gasteiger partial charge in [0.25, 0.3) is 0 Å². The molecule has 8 heteroatoms. The third kappa shape index (κ3) is 10.8. The average Bonchev–Trinajstić information content (AvgIpc) is 2.96. The predicted octanol–water partition coefficient (Wildman–Crippen LogP) is 5.70. The lowest BCUT2D eigenvalue weighted by Gasteiger charge is -2.22. The van der Waals surface area contributed by atoms with Crippen LogP contribution in [0.5, 0.6) is 0 Å². The van der Waals surface area contributed by atoms with Crippen molar-refractivity contribution in [2.75, 3.05) is 23.5 Å². The Morgan fingerprint density at radius 1 is 0.842 bits per heavy atom. The van der Waals surface area contributed by atoms with Gasteiger partial charge in [-0.2, -0.15) is 11.8 Å². The fourth-order valence-corrected chi connectivity index (χ4v) is 6.82. The minimum absolute atomic E-state index is 0.138. The molecule has 0 aliphatic heterocycles. The van der Waals surface area contributed by atoms with Crippen LogP contribution in [0.25, 0.3) is 0 Å². The zero-order valence-corrected chi connectivity index (χ0v) is 24.1. The van der Waals surface area contributed by atoms with Gasteiger partial charge in [0.1, 0.15) is 12.6 Å². The number of ether oxygens (including phenoxy) is 1. The summed E-state index contributed by atoms with van der Waals surface area (Å²) in [6, 6.07) is 28.3. The fraction of sp³-hybridized carbons (Fsp3) is 0.333. The van der Waals surface area contributed by atoms with Gasteiger partial charge in [-0.15, -0.1) is 0 Å². The van der Waals surface area contributed by atoms with Crippen LogP contribution < -0.4 is 11.1 Å². The molecule has 202 valence electrons. The first kappa shape index (κ1) is 30.2. The minimum Gasteiger partial charge on any atom is -0.459 e. The molecule has 0 saturated carbocycles. The van der Waals surface area contributed by atoms with Crippen LogP contribution in [0.2, 0.25) is 0 Å². The van der Waals surface area contributed by atoms with Crippen molar-refractivity contribution in [1.29, 1.82) is 0 Å². The molecule has 0 aliphatic rings. The summed E-state index contributed by atoms with van der Waals surface area (Å²) < 4.78 is 5.63. The standard InChI is InChI=1S/C30H36N2O3S3/c1-36-18-17-26(31)21-37-38-22-27(25-15-9-4-10-16-25)29(33)32-28(19-23-11-5-2-6-12-23)30(34)35-20-24-13-7-3-8-14-24/h2-16,26-28H,17-22,31H2,1H3,(H,32,33)/t26-,27-,28-/m0/s1. The van der Waals surface area contributed by atoms with Gasteiger partial charge in [-0.1, -0.05) is 113 Å². The number of hydrogen-bond donors (Lipinski definition) is 2. The highest BCUT2D eigenvalue weighted by atomic mass is 33.1. The molecule has 0 spiro atoms. The minimum atomic E-state index is -0.794. The van der Waals surface area contributed by atoms with Crippen LogP contribution >= 0.6 is 33.3 Å². The van der Waals surface area contributed by atoms with Crippen LogP contribution in [-0.4, -0.2) is 47.5 Å². The van der Waals surface area contributed by atoms with E-state index in [1.807, 2.05) is 91.0 Å². The SMILES string of the molecule is CSCC[C@H](N)CSSC[C@H](C(=O)N[C@@H](Cc1ccccc1)C(=O)OCc1ccccc1)c1ccccc1. The monoisotopic (exact) mass is 568 g/mol. The molecule has 3 atom stereocenters. The Morgan fingerprint density at radius 3 is 2.05 bits per heavy atom. The number of hydrogen-bond acceptors (Lipinski definition) is 7. The summed E-state index contributed by atoms with van der Waals surface area (Å²) in [7, 11) is 3.34. The molecular weight excluding hydrogens is 533 g/mol. The Hall–Kier alpha value is -2.39. The molecule has 3 aromatic rings. The molecule has 3 rings (SSSR count). The number of thioether (sulfide) groups is 1. The molecule has 38 heavy (non-hydrogen) atoms. The Bertz CT molecular complexity index is 1090. The zero-order valence-electron chi connectivity index (χ0n) is 21.7. The highest BCUT2D eigenvalue weighted by Crippen LogP contribution is 2.30. The number of nitrogens with one attached hydrogen (secondary N) is 1.